The van der Waals surface area contributed by atoms with E-state index in [9.17, 15) is 13.2 Å². The third-order valence-electron chi connectivity index (χ3n) is 7.42. The molecular formula is C38H28N4O3S2. The van der Waals surface area contributed by atoms with E-state index in [1.54, 1.807) is 12.1 Å². The molecule has 1 saturated heterocycles. The molecule has 1 amide bonds. The number of nitrogens with two attached hydrogens (primary N) is 1. The number of nitrogens with one attached hydrogen (secondary N) is 1. The van der Waals surface area contributed by atoms with Crippen LogP contribution in [0, 0.1) is 0 Å². The van der Waals surface area contributed by atoms with Crippen molar-refractivity contribution in [2.45, 2.75) is 37.0 Å². The summed E-state index contributed by atoms with van der Waals surface area (Å²) < 4.78 is 26.9. The molecule has 2 aromatic carbocycles. The van der Waals surface area contributed by atoms with Gasteiger partial charge in [-0.2, -0.15) is 4.31 Å². The van der Waals surface area contributed by atoms with Crippen LogP contribution in [0.15, 0.2) is 124 Å². The standard InChI is InChI=1S/C25H24N4O3S2.C13H4/c26-22-20-13-17-12-15-4-3-5-16(15)14-21(17)28-25(20)33-23(22)24(30)27-18-6-8-19(9-7-18)34(31,32)29-10-1-2-11-29;1-3-5-7-9-11-13-12-10-8-6-4-2/h6-9,12-14H,1-5,10-11,26H2,(H,27,30);1-2H2. The van der Waals surface area contributed by atoms with Gasteiger partial charge in [-0.15, -0.1) is 11.3 Å². The summed E-state index contributed by atoms with van der Waals surface area (Å²) in [5.74, 6) is -0.331. The maximum absolute atomic E-state index is 13.0. The maximum atomic E-state index is 13.0. The molecule has 1 fully saturated rings. The number of aryl methyl sites for hydroxylation is 2. The summed E-state index contributed by atoms with van der Waals surface area (Å²) in [5, 5.41) is 4.67. The molecule has 0 saturated carbocycles. The molecule has 47 heavy (non-hydrogen) atoms. The number of thiophene rings is 1. The number of carbonyl (C=O) groups is 1. The third kappa shape index (κ3) is 7.76. The fourth-order valence-corrected chi connectivity index (χ4v) is 7.72. The smallest absolute Gasteiger partial charge is 0.267 e. The summed E-state index contributed by atoms with van der Waals surface area (Å²) in [4.78, 5) is 19.2. The number of aromatic nitrogens is 1. The van der Waals surface area contributed by atoms with Gasteiger partial charge in [-0.05, 0) is 150 Å². The monoisotopic (exact) mass is 652 g/mol. The van der Waals surface area contributed by atoms with Crippen LogP contribution in [0.2, 0.25) is 0 Å². The van der Waals surface area contributed by atoms with E-state index in [1.165, 1.54) is 45.3 Å². The Kier molecular flexibility index (Phi) is 10.5. The highest BCUT2D eigenvalue weighted by molar-refractivity contribution is 7.89. The Morgan fingerprint density at radius 1 is 0.830 bits per heavy atom. The van der Waals surface area contributed by atoms with Crippen molar-refractivity contribution in [3.63, 3.8) is 0 Å². The van der Waals surface area contributed by atoms with E-state index in [0.29, 0.717) is 29.3 Å². The summed E-state index contributed by atoms with van der Waals surface area (Å²) in [6.07, 6.45) is 5.13. The van der Waals surface area contributed by atoms with Gasteiger partial charge in [-0.1, -0.05) is 11.5 Å². The van der Waals surface area contributed by atoms with E-state index in [4.69, 9.17) is 10.7 Å². The minimum Gasteiger partial charge on any atom is -0.397 e. The van der Waals surface area contributed by atoms with Crippen LogP contribution in [-0.4, -0.2) is 36.7 Å². The Bertz CT molecular complexity index is 2380. The Labute approximate surface area is 277 Å². The van der Waals surface area contributed by atoms with E-state index in [0.717, 1.165) is 46.8 Å². The summed E-state index contributed by atoms with van der Waals surface area (Å²) >= 11 is 1.27. The summed E-state index contributed by atoms with van der Waals surface area (Å²) in [7, 11) is -3.49. The number of rotatable bonds is 4. The molecular weight excluding hydrogens is 625 g/mol. The highest BCUT2D eigenvalue weighted by Gasteiger charge is 2.27. The highest BCUT2D eigenvalue weighted by atomic mass is 32.2. The van der Waals surface area contributed by atoms with E-state index in [2.05, 4.69) is 93.7 Å². The first-order valence-electron chi connectivity index (χ1n) is 14.7. The second-order valence-electron chi connectivity index (χ2n) is 10.4. The van der Waals surface area contributed by atoms with Crippen LogP contribution >= 0.6 is 11.3 Å². The lowest BCUT2D eigenvalue weighted by molar-refractivity contribution is 0.103. The molecule has 0 spiro atoms. The lowest BCUT2D eigenvalue weighted by Gasteiger charge is -2.15. The number of hydrogen-bond donors (Lipinski definition) is 2. The van der Waals surface area contributed by atoms with Crippen LogP contribution < -0.4 is 11.1 Å². The number of amides is 1. The zero-order valence-electron chi connectivity index (χ0n) is 25.4. The molecule has 6 rings (SSSR count). The molecule has 1 aliphatic heterocycles. The number of nitrogen functional groups attached to an aromatic ring is 1. The van der Waals surface area contributed by atoms with Crippen molar-refractivity contribution in [2.24, 2.45) is 0 Å². The molecule has 0 bridgehead atoms. The fourth-order valence-electron chi connectivity index (χ4n) is 5.23. The fraction of sp³-hybridized carbons (Fsp3) is 0.184. The quantitative estimate of drug-likeness (QED) is 0.230. The van der Waals surface area contributed by atoms with Gasteiger partial charge in [0.1, 0.15) is 9.71 Å². The summed E-state index contributed by atoms with van der Waals surface area (Å²) in [5.41, 5.74) is 37.9. The highest BCUT2D eigenvalue weighted by Crippen LogP contribution is 2.36. The van der Waals surface area contributed by atoms with Gasteiger partial charge >= 0.3 is 0 Å². The molecule has 3 N–H and O–H groups in total. The summed E-state index contributed by atoms with van der Waals surface area (Å²) in [6, 6.07) is 12.7. The van der Waals surface area contributed by atoms with Crippen molar-refractivity contribution in [3.8, 4) is 0 Å². The Morgan fingerprint density at radius 2 is 1.40 bits per heavy atom. The first-order valence-corrected chi connectivity index (χ1v) is 16.9. The van der Waals surface area contributed by atoms with E-state index in [-0.39, 0.29) is 10.8 Å². The molecule has 0 unspecified atom stereocenters. The second-order valence-corrected chi connectivity index (χ2v) is 13.4. The zero-order valence-corrected chi connectivity index (χ0v) is 27.1. The van der Waals surface area contributed by atoms with Gasteiger partial charge in [-0.3, -0.25) is 4.79 Å². The van der Waals surface area contributed by atoms with E-state index >= 15 is 0 Å². The average molecular weight is 653 g/mol. The van der Waals surface area contributed by atoms with Crippen LogP contribution in [0.4, 0.5) is 11.4 Å². The number of anilines is 2. The van der Waals surface area contributed by atoms with E-state index in [1.807, 2.05) is 6.07 Å². The molecule has 9 heteroatoms. The number of carbonyl (C=O) groups excluding carboxylic acids is 1. The van der Waals surface area contributed by atoms with Crippen molar-refractivity contribution in [1.29, 1.82) is 0 Å². The van der Waals surface area contributed by atoms with Crippen molar-refractivity contribution < 1.29 is 13.2 Å². The van der Waals surface area contributed by atoms with Gasteiger partial charge in [0.25, 0.3) is 5.91 Å². The van der Waals surface area contributed by atoms with Crippen molar-refractivity contribution in [1.82, 2.24) is 9.29 Å². The minimum absolute atomic E-state index is 0.233. The maximum Gasteiger partial charge on any atom is 0.267 e. The molecule has 2 aromatic heterocycles. The zero-order chi connectivity index (χ0) is 33.2. The van der Waals surface area contributed by atoms with Crippen molar-refractivity contribution >= 4 is 59.8 Å². The van der Waals surface area contributed by atoms with Crippen LogP contribution in [0.25, 0.3) is 21.1 Å². The SMILES string of the molecule is C=C=C=C=C=C=C=C=C=C=C=C=C.Nc1c(C(=O)Nc2ccc(S(=O)(=O)N3CCCC3)cc2)sc2nc3cc4c(cc3cc12)CCC4. The van der Waals surface area contributed by atoms with Gasteiger partial charge in [0, 0.05) is 29.5 Å². The second kappa shape index (κ2) is 15.1. The molecule has 0 radical (unpaired) electrons. The number of nitrogens with zero attached hydrogens (tertiary/aromatic N) is 2. The van der Waals surface area contributed by atoms with Gasteiger partial charge in [0.2, 0.25) is 10.0 Å². The van der Waals surface area contributed by atoms with Gasteiger partial charge < -0.3 is 11.1 Å². The minimum atomic E-state index is -3.49. The Hall–Kier alpha value is -5.69. The number of pyridine rings is 1. The number of hydrogen-bond acceptors (Lipinski definition) is 6. The largest absolute Gasteiger partial charge is 0.397 e. The first-order chi connectivity index (χ1) is 22.8. The topological polar surface area (TPSA) is 105 Å². The first kappa shape index (κ1) is 32.7. The summed E-state index contributed by atoms with van der Waals surface area (Å²) in [6.45, 7) is 7.67. The van der Waals surface area contributed by atoms with Crippen LogP contribution in [0.5, 0.6) is 0 Å². The van der Waals surface area contributed by atoms with E-state index < -0.39 is 10.0 Å². The molecule has 4 aromatic rings. The van der Waals surface area contributed by atoms with Crippen LogP contribution in [0.1, 0.15) is 40.1 Å². The molecule has 0 atom stereocenters. The van der Waals surface area contributed by atoms with Gasteiger partial charge in [0.15, 0.2) is 0 Å². The number of sulfonamides is 1. The normalized spacial score (nSPS) is 12.9. The van der Waals surface area contributed by atoms with Crippen molar-refractivity contribution in [3.05, 3.63) is 135 Å². The predicted molar refractivity (Wildman–Crippen MR) is 186 cm³/mol. The van der Waals surface area contributed by atoms with Crippen molar-refractivity contribution in [2.75, 3.05) is 24.1 Å². The average Bonchev–Trinajstić information content (AvgIpc) is 3.84. The van der Waals surface area contributed by atoms with Crippen LogP contribution in [-0.2, 0) is 22.9 Å². The third-order valence-corrected chi connectivity index (χ3v) is 10.5. The molecule has 1 aliphatic carbocycles. The van der Waals surface area contributed by atoms with Gasteiger partial charge in [0.05, 0.1) is 16.1 Å². The number of benzene rings is 2. The lowest BCUT2D eigenvalue weighted by atomic mass is 10.1. The lowest BCUT2D eigenvalue weighted by Crippen LogP contribution is -2.27. The Balaban J connectivity index is 0.000000285. The van der Waals surface area contributed by atoms with Crippen LogP contribution in [0.3, 0.4) is 0 Å². The molecule has 7 nitrogen and oxygen atoms in total. The Morgan fingerprint density at radius 3 is 2.00 bits per heavy atom. The molecule has 3 heterocycles. The molecule has 230 valence electrons. The van der Waals surface area contributed by atoms with Gasteiger partial charge in [-0.25, -0.2) is 13.4 Å². The predicted octanol–water partition coefficient (Wildman–Crippen LogP) is 7.07. The number of fused-ring (bicyclic) bond motifs is 3. The molecule has 2 aliphatic rings.